The van der Waals surface area contributed by atoms with Crippen molar-refractivity contribution in [1.82, 2.24) is 0 Å². The molecule has 19 heavy (non-hydrogen) atoms. The largest absolute Gasteiger partial charge is 0.461 e. The predicted octanol–water partition coefficient (Wildman–Crippen LogP) is 4.95. The summed E-state index contributed by atoms with van der Waals surface area (Å²) in [5.74, 6) is -0.0987. The number of benzene rings is 1. The Balaban J connectivity index is -0.000000853. The molecule has 0 unspecified atom stereocenters. The highest BCUT2D eigenvalue weighted by molar-refractivity contribution is 9.09. The summed E-state index contributed by atoms with van der Waals surface area (Å²) < 4.78 is 5.16. The Morgan fingerprint density at radius 1 is 1.00 bits per heavy atom. The third kappa shape index (κ3) is 12.8. The Kier molecular flexibility index (Phi) is 20.4. The highest BCUT2D eigenvalue weighted by Gasteiger charge is 2.02. The summed E-state index contributed by atoms with van der Waals surface area (Å²) in [5, 5.41) is 1.01. The second-order valence-corrected chi connectivity index (χ2v) is 4.44. The average molecular weight is 395 g/mol. The number of carbonyl (C=O) groups excluding carboxylic acids is 1. The number of carbonyl (C=O) groups is 1. The minimum atomic E-state index is -0.0987. The van der Waals surface area contributed by atoms with Gasteiger partial charge in [-0.05, 0) is 18.4 Å². The topological polar surface area (TPSA) is 26.3 Å². The predicted molar refractivity (Wildman–Crippen MR) is 90.2 cm³/mol. The van der Waals surface area contributed by atoms with E-state index in [1.165, 1.54) is 0 Å². The van der Waals surface area contributed by atoms with Crippen molar-refractivity contribution < 1.29 is 9.53 Å². The van der Waals surface area contributed by atoms with Crippen LogP contribution < -0.4 is 0 Å². The third-order valence-corrected chi connectivity index (χ3v) is 2.82. The molecule has 0 N–H and O–H groups in total. The minimum Gasteiger partial charge on any atom is -0.461 e. The maximum absolute atomic E-state index is 11.3. The Morgan fingerprint density at radius 2 is 1.63 bits per heavy atom. The van der Waals surface area contributed by atoms with Gasteiger partial charge in [0, 0.05) is 11.8 Å². The van der Waals surface area contributed by atoms with Gasteiger partial charge in [-0.1, -0.05) is 52.7 Å². The van der Waals surface area contributed by atoms with E-state index in [1.54, 1.807) is 0 Å². The van der Waals surface area contributed by atoms with Gasteiger partial charge < -0.3 is 4.74 Å². The standard InChI is InChI=1S/C13H17BrO2.3ClH/c14-10-6-2-5-9-13(15)16-11-12-7-3-1-4-8-12;;;/h1,3-4,7-8H,2,5-6,9-11H2;3*1H. The fourth-order valence-corrected chi connectivity index (χ4v) is 1.75. The lowest BCUT2D eigenvalue weighted by Gasteiger charge is -2.04. The van der Waals surface area contributed by atoms with Crippen molar-refractivity contribution in [2.75, 3.05) is 5.33 Å². The Hall–Kier alpha value is 0.0400. The number of rotatable bonds is 7. The van der Waals surface area contributed by atoms with Crippen molar-refractivity contribution >= 4 is 59.1 Å². The van der Waals surface area contributed by atoms with Crippen LogP contribution in [0.15, 0.2) is 30.3 Å². The second-order valence-electron chi connectivity index (χ2n) is 3.65. The van der Waals surface area contributed by atoms with E-state index in [4.69, 9.17) is 4.74 Å². The molecule has 0 aliphatic heterocycles. The van der Waals surface area contributed by atoms with E-state index in [9.17, 15) is 4.79 Å². The Labute approximate surface area is 142 Å². The molecule has 0 saturated carbocycles. The average Bonchev–Trinajstić information content (AvgIpc) is 2.33. The van der Waals surface area contributed by atoms with Crippen LogP contribution in [0.1, 0.15) is 31.2 Å². The molecule has 0 aromatic heterocycles. The van der Waals surface area contributed by atoms with E-state index in [2.05, 4.69) is 15.9 Å². The molecule has 6 heteroatoms. The maximum Gasteiger partial charge on any atom is 0.306 e. The number of hydrogen-bond donors (Lipinski definition) is 0. The van der Waals surface area contributed by atoms with Gasteiger partial charge >= 0.3 is 5.97 Å². The molecule has 2 nitrogen and oxygen atoms in total. The molecule has 0 saturated heterocycles. The normalized spacial score (nSPS) is 8.47. The molecular formula is C13H20BrCl3O2. The molecule has 112 valence electrons. The second kappa shape index (κ2) is 16.1. The molecule has 0 spiro atoms. The third-order valence-electron chi connectivity index (χ3n) is 2.26. The quantitative estimate of drug-likeness (QED) is 0.372. The Morgan fingerprint density at radius 3 is 2.21 bits per heavy atom. The fraction of sp³-hybridized carbons (Fsp3) is 0.462. The molecule has 0 heterocycles. The van der Waals surface area contributed by atoms with Crippen LogP contribution in [0.25, 0.3) is 0 Å². The molecule has 0 atom stereocenters. The first-order chi connectivity index (χ1) is 7.83. The van der Waals surface area contributed by atoms with Gasteiger partial charge in [0.2, 0.25) is 0 Å². The number of halogens is 4. The summed E-state index contributed by atoms with van der Waals surface area (Å²) in [4.78, 5) is 11.3. The zero-order chi connectivity index (χ0) is 11.6. The summed E-state index contributed by atoms with van der Waals surface area (Å²) in [5.41, 5.74) is 1.04. The zero-order valence-corrected chi connectivity index (χ0v) is 14.6. The lowest BCUT2D eigenvalue weighted by atomic mass is 10.2. The van der Waals surface area contributed by atoms with Crippen molar-refractivity contribution in [3.05, 3.63) is 35.9 Å². The van der Waals surface area contributed by atoms with Crippen LogP contribution >= 0.6 is 53.2 Å². The molecular weight excluding hydrogens is 374 g/mol. The summed E-state index contributed by atoms with van der Waals surface area (Å²) in [6, 6.07) is 9.75. The SMILES string of the molecule is Cl.Cl.Cl.O=C(CCCCCBr)OCc1ccccc1. The van der Waals surface area contributed by atoms with Crippen molar-refractivity contribution in [1.29, 1.82) is 0 Å². The maximum atomic E-state index is 11.3. The molecule has 0 radical (unpaired) electrons. The van der Waals surface area contributed by atoms with Gasteiger partial charge in [0.15, 0.2) is 0 Å². The number of hydrogen-bond acceptors (Lipinski definition) is 2. The summed E-state index contributed by atoms with van der Waals surface area (Å²) in [7, 11) is 0. The highest BCUT2D eigenvalue weighted by Crippen LogP contribution is 2.05. The highest BCUT2D eigenvalue weighted by atomic mass is 79.9. The first-order valence-electron chi connectivity index (χ1n) is 5.58. The molecule has 0 aliphatic carbocycles. The number of esters is 1. The summed E-state index contributed by atoms with van der Waals surface area (Å²) in [6.45, 7) is 0.387. The Bertz CT molecular complexity index is 310. The molecule has 1 aromatic rings. The van der Waals surface area contributed by atoms with Crippen LogP contribution in [0.2, 0.25) is 0 Å². The summed E-state index contributed by atoms with van der Waals surface area (Å²) in [6.07, 6.45) is 3.64. The van der Waals surface area contributed by atoms with E-state index in [0.29, 0.717) is 13.0 Å². The van der Waals surface area contributed by atoms with Gasteiger partial charge in [0.05, 0.1) is 0 Å². The van der Waals surface area contributed by atoms with E-state index in [0.717, 1.165) is 30.2 Å². The van der Waals surface area contributed by atoms with Gasteiger partial charge in [-0.25, -0.2) is 0 Å². The molecule has 0 bridgehead atoms. The van der Waals surface area contributed by atoms with E-state index >= 15 is 0 Å². The van der Waals surface area contributed by atoms with Crippen LogP contribution in [0, 0.1) is 0 Å². The molecule has 0 amide bonds. The van der Waals surface area contributed by atoms with Crippen LogP contribution in [0.5, 0.6) is 0 Å². The molecule has 1 rings (SSSR count). The number of alkyl halides is 1. The van der Waals surface area contributed by atoms with Gasteiger partial charge in [-0.3, -0.25) is 4.79 Å². The van der Waals surface area contributed by atoms with Crippen LogP contribution in [-0.4, -0.2) is 11.3 Å². The van der Waals surface area contributed by atoms with Crippen LogP contribution in [-0.2, 0) is 16.1 Å². The van der Waals surface area contributed by atoms with E-state index in [-0.39, 0.29) is 43.2 Å². The van der Waals surface area contributed by atoms with Crippen molar-refractivity contribution in [2.24, 2.45) is 0 Å². The van der Waals surface area contributed by atoms with Gasteiger partial charge in [0.1, 0.15) is 6.61 Å². The van der Waals surface area contributed by atoms with Gasteiger partial charge in [-0.15, -0.1) is 37.2 Å². The van der Waals surface area contributed by atoms with E-state index in [1.807, 2.05) is 30.3 Å². The summed E-state index contributed by atoms with van der Waals surface area (Å²) >= 11 is 3.36. The zero-order valence-electron chi connectivity index (χ0n) is 10.5. The van der Waals surface area contributed by atoms with Gasteiger partial charge in [-0.2, -0.15) is 0 Å². The lowest BCUT2D eigenvalue weighted by molar-refractivity contribution is -0.145. The van der Waals surface area contributed by atoms with Crippen molar-refractivity contribution in [3.63, 3.8) is 0 Å². The van der Waals surface area contributed by atoms with Crippen molar-refractivity contribution in [3.8, 4) is 0 Å². The van der Waals surface area contributed by atoms with Crippen LogP contribution in [0.3, 0.4) is 0 Å². The minimum absolute atomic E-state index is 0. The van der Waals surface area contributed by atoms with Crippen molar-refractivity contribution in [2.45, 2.75) is 32.3 Å². The van der Waals surface area contributed by atoms with Crippen LogP contribution in [0.4, 0.5) is 0 Å². The van der Waals surface area contributed by atoms with E-state index < -0.39 is 0 Å². The first-order valence-corrected chi connectivity index (χ1v) is 6.70. The monoisotopic (exact) mass is 392 g/mol. The molecule has 0 aliphatic rings. The number of ether oxygens (including phenoxy) is 1. The smallest absolute Gasteiger partial charge is 0.306 e. The first kappa shape index (κ1) is 24.1. The lowest BCUT2D eigenvalue weighted by Crippen LogP contribution is -2.04. The number of unbranched alkanes of at least 4 members (excludes halogenated alkanes) is 2. The molecule has 0 fully saturated rings. The molecule has 1 aromatic carbocycles. The van der Waals surface area contributed by atoms with Gasteiger partial charge in [0.25, 0.3) is 0 Å². The fourth-order valence-electron chi connectivity index (χ4n) is 1.35.